The average Bonchev–Trinajstić information content (AvgIpc) is 2.42. The van der Waals surface area contributed by atoms with Gasteiger partial charge in [-0.1, -0.05) is 11.6 Å². The molecule has 0 aliphatic carbocycles. The van der Waals surface area contributed by atoms with Crippen LogP contribution in [0, 0.1) is 12.7 Å². The Morgan fingerprint density at radius 2 is 2.10 bits per heavy atom. The molecule has 0 saturated carbocycles. The van der Waals surface area contributed by atoms with Gasteiger partial charge in [-0.3, -0.25) is 4.79 Å². The summed E-state index contributed by atoms with van der Waals surface area (Å²) in [5.74, 6) is -1.79. The largest absolute Gasteiger partial charge is 0.480 e. The molecule has 5 nitrogen and oxygen atoms in total. The van der Waals surface area contributed by atoms with E-state index in [2.05, 4.69) is 0 Å². The number of hydrogen-bond acceptors (Lipinski definition) is 3. The van der Waals surface area contributed by atoms with Crippen LogP contribution in [0.1, 0.15) is 24.8 Å². The second kappa shape index (κ2) is 5.90. The topological polar surface area (TPSA) is 74.7 Å². The van der Waals surface area contributed by atoms with Crippen LogP contribution >= 0.6 is 11.6 Å². The van der Waals surface area contributed by atoms with Crippen molar-refractivity contribution in [1.29, 1.82) is 0 Å². The van der Waals surface area contributed by atoms with Gasteiger partial charge in [-0.05, 0) is 43.9 Å². The van der Waals surface area contributed by atoms with E-state index in [9.17, 15) is 22.7 Å². The molecule has 0 bridgehead atoms. The molecule has 2 rings (SSSR count). The molecular weight excluding hydrogens is 321 g/mol. The lowest BCUT2D eigenvalue weighted by Crippen LogP contribution is -2.47. The number of nitrogens with zero attached hydrogens (tertiary/aromatic N) is 1. The highest BCUT2D eigenvalue weighted by Crippen LogP contribution is 2.31. The number of sulfonamides is 1. The fraction of sp³-hybridized carbons (Fsp3) is 0.462. The molecule has 116 valence electrons. The number of carboxylic acid groups (broad SMARTS) is 1. The van der Waals surface area contributed by atoms with Crippen LogP contribution in [-0.2, 0) is 14.8 Å². The van der Waals surface area contributed by atoms with Crippen molar-refractivity contribution in [2.45, 2.75) is 37.1 Å². The third kappa shape index (κ3) is 3.04. The van der Waals surface area contributed by atoms with Crippen LogP contribution in [0.5, 0.6) is 0 Å². The SMILES string of the molecule is Cc1cc(S(=O)(=O)N2CCCC[C@H]2C(=O)O)c(Cl)cc1F. The molecule has 0 spiro atoms. The minimum absolute atomic E-state index is 0.117. The van der Waals surface area contributed by atoms with Crippen LogP contribution in [0.25, 0.3) is 0 Å². The van der Waals surface area contributed by atoms with Gasteiger partial charge in [-0.25, -0.2) is 12.8 Å². The van der Waals surface area contributed by atoms with Gasteiger partial charge in [0.1, 0.15) is 16.8 Å². The number of carboxylic acids is 1. The lowest BCUT2D eigenvalue weighted by Gasteiger charge is -2.32. The molecule has 21 heavy (non-hydrogen) atoms. The van der Waals surface area contributed by atoms with Crippen LogP contribution in [0.3, 0.4) is 0 Å². The molecule has 1 heterocycles. The Balaban J connectivity index is 2.50. The first-order chi connectivity index (χ1) is 9.75. The lowest BCUT2D eigenvalue weighted by atomic mass is 10.1. The van der Waals surface area contributed by atoms with Crippen molar-refractivity contribution in [3.05, 3.63) is 28.5 Å². The zero-order valence-corrected chi connectivity index (χ0v) is 12.9. The van der Waals surface area contributed by atoms with E-state index in [4.69, 9.17) is 11.6 Å². The zero-order valence-electron chi connectivity index (χ0n) is 11.3. The number of carbonyl (C=O) groups is 1. The van der Waals surface area contributed by atoms with Gasteiger partial charge < -0.3 is 5.11 Å². The van der Waals surface area contributed by atoms with Crippen molar-refractivity contribution in [2.75, 3.05) is 6.54 Å². The molecule has 0 unspecified atom stereocenters. The van der Waals surface area contributed by atoms with E-state index in [1.807, 2.05) is 0 Å². The highest BCUT2D eigenvalue weighted by molar-refractivity contribution is 7.89. The molecular formula is C13H15ClFNO4S. The van der Waals surface area contributed by atoms with Crippen LogP contribution < -0.4 is 0 Å². The van der Waals surface area contributed by atoms with Crippen molar-refractivity contribution in [2.24, 2.45) is 0 Å². The van der Waals surface area contributed by atoms with Gasteiger partial charge in [0.15, 0.2) is 0 Å². The summed E-state index contributed by atoms with van der Waals surface area (Å²) in [6.45, 7) is 1.54. The number of aryl methyl sites for hydroxylation is 1. The summed E-state index contributed by atoms with van der Waals surface area (Å²) >= 11 is 5.84. The fourth-order valence-electron chi connectivity index (χ4n) is 2.39. The minimum atomic E-state index is -4.07. The summed E-state index contributed by atoms with van der Waals surface area (Å²) < 4.78 is 39.6. The maximum Gasteiger partial charge on any atom is 0.322 e. The summed E-state index contributed by atoms with van der Waals surface area (Å²) in [5.41, 5.74) is 0.141. The van der Waals surface area contributed by atoms with Gasteiger partial charge in [0.2, 0.25) is 10.0 Å². The maximum atomic E-state index is 13.4. The summed E-state index contributed by atoms with van der Waals surface area (Å²) in [5, 5.41) is 8.95. The number of aliphatic carboxylic acids is 1. The van der Waals surface area contributed by atoms with E-state index >= 15 is 0 Å². The number of benzene rings is 1. The molecule has 1 fully saturated rings. The summed E-state index contributed by atoms with van der Waals surface area (Å²) in [6, 6.07) is 0.967. The first-order valence-corrected chi connectivity index (χ1v) is 8.27. The highest BCUT2D eigenvalue weighted by atomic mass is 35.5. The number of piperidine rings is 1. The smallest absolute Gasteiger partial charge is 0.322 e. The number of hydrogen-bond donors (Lipinski definition) is 1. The first kappa shape index (κ1) is 16.2. The van der Waals surface area contributed by atoms with Crippen molar-refractivity contribution < 1.29 is 22.7 Å². The van der Waals surface area contributed by atoms with E-state index in [0.29, 0.717) is 12.8 Å². The van der Waals surface area contributed by atoms with Crippen molar-refractivity contribution in [1.82, 2.24) is 4.31 Å². The van der Waals surface area contributed by atoms with Crippen molar-refractivity contribution >= 4 is 27.6 Å². The molecule has 1 aromatic rings. The number of rotatable bonds is 3. The third-order valence-electron chi connectivity index (χ3n) is 3.54. The fourth-order valence-corrected chi connectivity index (χ4v) is 4.62. The second-order valence-electron chi connectivity index (χ2n) is 5.00. The molecule has 1 atom stereocenters. The Hall–Kier alpha value is -1.18. The molecule has 0 aromatic heterocycles. The molecule has 1 aliphatic heterocycles. The van der Waals surface area contributed by atoms with Gasteiger partial charge in [0.25, 0.3) is 0 Å². The number of halogens is 2. The standard InChI is InChI=1S/C13H15ClFNO4S/c1-8-6-12(9(14)7-10(8)15)21(19,20)16-5-3-2-4-11(16)13(17)18/h6-7,11H,2-5H2,1H3,(H,17,18)/t11-/m0/s1. The predicted molar refractivity (Wildman–Crippen MR) is 75.3 cm³/mol. The molecule has 8 heteroatoms. The van der Waals surface area contributed by atoms with Crippen LogP contribution in [-0.4, -0.2) is 36.4 Å². The Labute approximate surface area is 127 Å². The Kier molecular flexibility index (Phi) is 4.55. The molecule has 1 saturated heterocycles. The van der Waals surface area contributed by atoms with Crippen LogP contribution in [0.4, 0.5) is 4.39 Å². The Morgan fingerprint density at radius 3 is 2.71 bits per heavy atom. The maximum absolute atomic E-state index is 13.4. The molecule has 1 N–H and O–H groups in total. The summed E-state index contributed by atoms with van der Waals surface area (Å²) in [4.78, 5) is 11.0. The van der Waals surface area contributed by atoms with Gasteiger partial charge >= 0.3 is 5.97 Å². The predicted octanol–water partition coefficient (Wildman–Crippen LogP) is 2.42. The van der Waals surface area contributed by atoms with Crippen LogP contribution in [0.15, 0.2) is 17.0 Å². The van der Waals surface area contributed by atoms with Crippen LogP contribution in [0.2, 0.25) is 5.02 Å². The molecule has 0 radical (unpaired) electrons. The third-order valence-corrected chi connectivity index (χ3v) is 5.91. The van der Waals surface area contributed by atoms with Gasteiger partial charge in [0.05, 0.1) is 5.02 Å². The second-order valence-corrected chi connectivity index (χ2v) is 7.26. The monoisotopic (exact) mass is 335 g/mol. The Bertz CT molecular complexity index is 677. The highest BCUT2D eigenvalue weighted by Gasteiger charge is 2.38. The lowest BCUT2D eigenvalue weighted by molar-refractivity contribution is -0.142. The van der Waals surface area contributed by atoms with Gasteiger partial charge in [0, 0.05) is 6.54 Å². The minimum Gasteiger partial charge on any atom is -0.480 e. The first-order valence-electron chi connectivity index (χ1n) is 6.45. The van der Waals surface area contributed by atoms with Gasteiger partial charge in [-0.15, -0.1) is 0 Å². The van der Waals surface area contributed by atoms with E-state index in [-0.39, 0.29) is 28.4 Å². The molecule has 1 aromatic carbocycles. The summed E-state index contributed by atoms with van der Waals surface area (Å²) in [7, 11) is -4.07. The van der Waals surface area contributed by atoms with E-state index in [1.165, 1.54) is 6.92 Å². The quantitative estimate of drug-likeness (QED) is 0.920. The normalized spacial score (nSPS) is 20.4. The molecule has 0 amide bonds. The Morgan fingerprint density at radius 1 is 1.43 bits per heavy atom. The zero-order chi connectivity index (χ0) is 15.8. The van der Waals surface area contributed by atoms with E-state index < -0.39 is 27.9 Å². The molecule has 1 aliphatic rings. The average molecular weight is 336 g/mol. The van der Waals surface area contributed by atoms with Crippen molar-refractivity contribution in [3.8, 4) is 0 Å². The van der Waals surface area contributed by atoms with Crippen molar-refractivity contribution in [3.63, 3.8) is 0 Å². The summed E-state index contributed by atoms with van der Waals surface area (Å²) in [6.07, 6.45) is 1.49. The van der Waals surface area contributed by atoms with E-state index in [0.717, 1.165) is 16.4 Å². The van der Waals surface area contributed by atoms with Gasteiger partial charge in [-0.2, -0.15) is 4.31 Å². The van der Waals surface area contributed by atoms with E-state index in [1.54, 1.807) is 0 Å².